The first-order valence-electron chi connectivity index (χ1n) is 9.49. The van der Waals surface area contributed by atoms with Crippen LogP contribution >= 0.6 is 0 Å². The summed E-state index contributed by atoms with van der Waals surface area (Å²) in [7, 11) is 0. The molecule has 5 nitrogen and oxygen atoms in total. The number of carbonyl (C=O) groups excluding carboxylic acids is 2. The molecule has 1 saturated heterocycles. The molecule has 3 atom stereocenters. The SMILES string of the molecule is O=C(Nc1ccc(O)cc1)C1CCN(C(=O)C2CC3CCC2C3)CC1. The van der Waals surface area contributed by atoms with Gasteiger partial charge < -0.3 is 15.3 Å². The van der Waals surface area contributed by atoms with E-state index in [0.29, 0.717) is 30.6 Å². The van der Waals surface area contributed by atoms with Crippen LogP contribution in [0.15, 0.2) is 24.3 Å². The molecule has 2 saturated carbocycles. The third kappa shape index (κ3) is 3.37. The molecule has 1 aliphatic heterocycles. The Morgan fingerprint density at radius 2 is 1.72 bits per heavy atom. The van der Waals surface area contributed by atoms with Crippen LogP contribution in [0.25, 0.3) is 0 Å². The van der Waals surface area contributed by atoms with E-state index in [4.69, 9.17) is 0 Å². The number of phenolic OH excluding ortho intramolecular Hbond substituents is 1. The van der Waals surface area contributed by atoms with Crippen molar-refractivity contribution in [3.8, 4) is 5.75 Å². The molecule has 2 amide bonds. The van der Waals surface area contributed by atoms with Crippen molar-refractivity contribution < 1.29 is 14.7 Å². The van der Waals surface area contributed by atoms with E-state index >= 15 is 0 Å². The van der Waals surface area contributed by atoms with Crippen LogP contribution < -0.4 is 5.32 Å². The number of phenols is 1. The number of likely N-dealkylation sites (tertiary alicyclic amines) is 1. The van der Waals surface area contributed by atoms with Crippen LogP contribution in [0.5, 0.6) is 5.75 Å². The summed E-state index contributed by atoms with van der Waals surface area (Å²) in [6.07, 6.45) is 6.35. The van der Waals surface area contributed by atoms with Crippen LogP contribution in [0.3, 0.4) is 0 Å². The fraction of sp³-hybridized carbons (Fsp3) is 0.600. The number of piperidine rings is 1. The summed E-state index contributed by atoms with van der Waals surface area (Å²) in [5, 5.41) is 12.2. The molecule has 3 aliphatic rings. The smallest absolute Gasteiger partial charge is 0.227 e. The fourth-order valence-corrected chi connectivity index (χ4v) is 4.93. The second kappa shape index (κ2) is 6.70. The number of aromatic hydroxyl groups is 1. The predicted octanol–water partition coefficient (Wildman–Crippen LogP) is 3.01. The van der Waals surface area contributed by atoms with E-state index in [1.54, 1.807) is 24.3 Å². The zero-order valence-electron chi connectivity index (χ0n) is 14.5. The van der Waals surface area contributed by atoms with Gasteiger partial charge in [-0.25, -0.2) is 0 Å². The van der Waals surface area contributed by atoms with Gasteiger partial charge in [-0.1, -0.05) is 6.42 Å². The van der Waals surface area contributed by atoms with Gasteiger partial charge in [0.05, 0.1) is 0 Å². The van der Waals surface area contributed by atoms with Crippen LogP contribution in [0.1, 0.15) is 38.5 Å². The summed E-state index contributed by atoms with van der Waals surface area (Å²) in [6, 6.07) is 6.51. The van der Waals surface area contributed by atoms with E-state index in [1.165, 1.54) is 19.3 Å². The number of amides is 2. The van der Waals surface area contributed by atoms with Crippen molar-refractivity contribution in [2.24, 2.45) is 23.7 Å². The Bertz CT molecular complexity index is 649. The normalized spacial score (nSPS) is 29.0. The van der Waals surface area contributed by atoms with Crippen molar-refractivity contribution in [1.29, 1.82) is 0 Å². The quantitative estimate of drug-likeness (QED) is 0.830. The summed E-state index contributed by atoms with van der Waals surface area (Å²) in [4.78, 5) is 27.2. The van der Waals surface area contributed by atoms with Crippen molar-refractivity contribution in [2.75, 3.05) is 18.4 Å². The number of fused-ring (bicyclic) bond motifs is 2. The first kappa shape index (κ1) is 16.4. The van der Waals surface area contributed by atoms with Gasteiger partial charge in [0.1, 0.15) is 5.75 Å². The lowest BCUT2D eigenvalue weighted by atomic mass is 9.86. The third-order valence-electron chi connectivity index (χ3n) is 6.37. The van der Waals surface area contributed by atoms with E-state index in [0.717, 1.165) is 25.2 Å². The standard InChI is InChI=1S/C20H26N2O3/c23-17-5-3-16(4-6-17)21-19(24)14-7-9-22(10-8-14)20(25)18-12-13-1-2-15(18)11-13/h3-6,13-15,18,23H,1-2,7-12H2,(H,21,24). The van der Waals surface area contributed by atoms with Gasteiger partial charge in [0.15, 0.2) is 0 Å². The van der Waals surface area contributed by atoms with Gasteiger partial charge >= 0.3 is 0 Å². The lowest BCUT2D eigenvalue weighted by Crippen LogP contribution is -2.44. The maximum absolute atomic E-state index is 12.8. The highest BCUT2D eigenvalue weighted by atomic mass is 16.3. The highest BCUT2D eigenvalue weighted by Crippen LogP contribution is 2.49. The summed E-state index contributed by atoms with van der Waals surface area (Å²) in [5.41, 5.74) is 0.697. The largest absolute Gasteiger partial charge is 0.508 e. The number of nitrogens with zero attached hydrogens (tertiary/aromatic N) is 1. The molecular weight excluding hydrogens is 316 g/mol. The maximum Gasteiger partial charge on any atom is 0.227 e. The van der Waals surface area contributed by atoms with Crippen molar-refractivity contribution >= 4 is 17.5 Å². The van der Waals surface area contributed by atoms with Crippen LogP contribution in [0, 0.1) is 23.7 Å². The Morgan fingerprint density at radius 1 is 1.00 bits per heavy atom. The van der Waals surface area contributed by atoms with E-state index < -0.39 is 0 Å². The number of hydrogen-bond donors (Lipinski definition) is 2. The van der Waals surface area contributed by atoms with Gasteiger partial charge in [-0.05, 0) is 68.2 Å². The van der Waals surface area contributed by atoms with Gasteiger partial charge in [0, 0.05) is 30.6 Å². The first-order chi connectivity index (χ1) is 12.1. The average molecular weight is 342 g/mol. The molecule has 0 radical (unpaired) electrons. The number of rotatable bonds is 3. The second-order valence-corrected chi connectivity index (χ2v) is 7.92. The summed E-state index contributed by atoms with van der Waals surface area (Å²) >= 11 is 0. The van der Waals surface area contributed by atoms with Crippen LogP contribution in [-0.2, 0) is 9.59 Å². The number of nitrogens with one attached hydrogen (secondary N) is 1. The lowest BCUT2D eigenvalue weighted by Gasteiger charge is -2.34. The Morgan fingerprint density at radius 3 is 2.32 bits per heavy atom. The van der Waals surface area contributed by atoms with E-state index in [2.05, 4.69) is 5.32 Å². The molecule has 3 fully saturated rings. The average Bonchev–Trinajstić information content (AvgIpc) is 3.26. The Labute approximate surface area is 148 Å². The number of benzene rings is 1. The third-order valence-corrected chi connectivity index (χ3v) is 6.37. The lowest BCUT2D eigenvalue weighted by molar-refractivity contribution is -0.140. The predicted molar refractivity (Wildman–Crippen MR) is 95.0 cm³/mol. The summed E-state index contributed by atoms with van der Waals surface area (Å²) in [5.74, 6) is 2.15. The van der Waals surface area contributed by atoms with E-state index in [-0.39, 0.29) is 23.5 Å². The number of hydrogen-bond acceptors (Lipinski definition) is 3. The molecular formula is C20H26N2O3. The van der Waals surface area contributed by atoms with Gasteiger partial charge in [-0.3, -0.25) is 9.59 Å². The minimum absolute atomic E-state index is 0.0118. The van der Waals surface area contributed by atoms with E-state index in [1.807, 2.05) is 4.90 Å². The molecule has 3 unspecified atom stereocenters. The van der Waals surface area contributed by atoms with Gasteiger partial charge in [0.2, 0.25) is 11.8 Å². The molecule has 0 aromatic heterocycles. The topological polar surface area (TPSA) is 69.6 Å². The van der Waals surface area contributed by atoms with Crippen LogP contribution in [-0.4, -0.2) is 34.9 Å². The van der Waals surface area contributed by atoms with Crippen molar-refractivity contribution in [2.45, 2.75) is 38.5 Å². The Kier molecular flexibility index (Phi) is 4.40. The molecule has 2 aliphatic carbocycles. The fourth-order valence-electron chi connectivity index (χ4n) is 4.93. The zero-order chi connectivity index (χ0) is 17.4. The summed E-state index contributed by atoms with van der Waals surface area (Å²) in [6.45, 7) is 1.39. The minimum atomic E-state index is -0.0436. The molecule has 0 spiro atoms. The monoisotopic (exact) mass is 342 g/mol. The second-order valence-electron chi connectivity index (χ2n) is 7.92. The van der Waals surface area contributed by atoms with Crippen molar-refractivity contribution in [3.63, 3.8) is 0 Å². The Balaban J connectivity index is 1.28. The molecule has 2 N–H and O–H groups in total. The molecule has 134 valence electrons. The molecule has 5 heteroatoms. The highest BCUT2D eigenvalue weighted by Gasteiger charge is 2.44. The number of carbonyl (C=O) groups is 2. The molecule has 4 rings (SSSR count). The molecule has 1 aromatic carbocycles. The van der Waals surface area contributed by atoms with Gasteiger partial charge in [-0.15, -0.1) is 0 Å². The Hall–Kier alpha value is -2.04. The van der Waals surface area contributed by atoms with Gasteiger partial charge in [-0.2, -0.15) is 0 Å². The molecule has 1 heterocycles. The molecule has 1 aromatic rings. The number of anilines is 1. The van der Waals surface area contributed by atoms with Crippen molar-refractivity contribution in [3.05, 3.63) is 24.3 Å². The first-order valence-corrected chi connectivity index (χ1v) is 9.49. The van der Waals surface area contributed by atoms with Crippen molar-refractivity contribution in [1.82, 2.24) is 4.90 Å². The summed E-state index contributed by atoms with van der Waals surface area (Å²) < 4.78 is 0. The maximum atomic E-state index is 12.8. The zero-order valence-corrected chi connectivity index (χ0v) is 14.5. The van der Waals surface area contributed by atoms with Gasteiger partial charge in [0.25, 0.3) is 0 Å². The molecule has 25 heavy (non-hydrogen) atoms. The van der Waals surface area contributed by atoms with Crippen LogP contribution in [0.2, 0.25) is 0 Å². The minimum Gasteiger partial charge on any atom is -0.508 e. The van der Waals surface area contributed by atoms with E-state index in [9.17, 15) is 14.7 Å². The highest BCUT2D eigenvalue weighted by molar-refractivity contribution is 5.92. The molecule has 2 bridgehead atoms. The van der Waals surface area contributed by atoms with Crippen LogP contribution in [0.4, 0.5) is 5.69 Å².